The Bertz CT molecular complexity index is 550. The third kappa shape index (κ3) is 4.24. The molecule has 2 rings (SSSR count). The number of hydrogen-bond donors (Lipinski definition) is 0. The maximum Gasteiger partial charge on any atom is 0.269 e. The van der Waals surface area contributed by atoms with Crippen LogP contribution in [-0.2, 0) is 9.22 Å². The molecule has 0 N–H and O–H groups in total. The van der Waals surface area contributed by atoms with Crippen LogP contribution in [0, 0.1) is 16.0 Å². The number of carbonyl (C=O) groups excluding carboxylic acids is 1. The van der Waals surface area contributed by atoms with Crippen LogP contribution in [-0.4, -0.2) is 19.0 Å². The second kappa shape index (κ2) is 6.70. The molecule has 0 heterocycles. The lowest BCUT2D eigenvalue weighted by atomic mass is 9.81. The minimum absolute atomic E-state index is 0.0606. The van der Waals surface area contributed by atoms with E-state index in [2.05, 4.69) is 19.6 Å². The van der Waals surface area contributed by atoms with Gasteiger partial charge >= 0.3 is 0 Å². The van der Waals surface area contributed by atoms with Crippen molar-refractivity contribution in [2.45, 2.75) is 51.4 Å². The number of non-ortho nitro benzene ring substituents is 1. The van der Waals surface area contributed by atoms with E-state index in [1.807, 2.05) is 0 Å². The van der Waals surface area contributed by atoms with Crippen LogP contribution >= 0.6 is 0 Å². The van der Waals surface area contributed by atoms with Crippen molar-refractivity contribution in [3.63, 3.8) is 0 Å². The van der Waals surface area contributed by atoms with Crippen molar-refractivity contribution in [1.29, 1.82) is 0 Å². The van der Waals surface area contributed by atoms with E-state index in [-0.39, 0.29) is 23.5 Å². The maximum atomic E-state index is 12.3. The average molecular weight is 321 g/mol. The van der Waals surface area contributed by atoms with Crippen molar-refractivity contribution < 1.29 is 14.1 Å². The van der Waals surface area contributed by atoms with E-state index in [0.717, 1.165) is 24.8 Å². The zero-order chi connectivity index (χ0) is 16.3. The normalized spacial score (nSPS) is 20.7. The first-order valence-electron chi connectivity index (χ1n) is 7.73. The number of benzene rings is 1. The molecule has 22 heavy (non-hydrogen) atoms. The van der Waals surface area contributed by atoms with E-state index >= 15 is 0 Å². The van der Waals surface area contributed by atoms with Crippen LogP contribution in [0.3, 0.4) is 0 Å². The first-order chi connectivity index (χ1) is 10.3. The molecule has 1 saturated carbocycles. The molecule has 1 fully saturated rings. The highest BCUT2D eigenvalue weighted by atomic mass is 28.4. The molecule has 0 radical (unpaired) electrons. The molecule has 0 aromatic heterocycles. The highest BCUT2D eigenvalue weighted by Crippen LogP contribution is 2.37. The van der Waals surface area contributed by atoms with E-state index in [1.54, 1.807) is 12.1 Å². The third-order valence-corrected chi connectivity index (χ3v) is 4.84. The number of Topliss-reactive ketones (excluding diaryl/α,β-unsaturated/α-hetero) is 1. The molecule has 0 saturated heterocycles. The van der Waals surface area contributed by atoms with Gasteiger partial charge in [-0.25, -0.2) is 0 Å². The zero-order valence-corrected chi connectivity index (χ0v) is 14.4. The Labute approximate surface area is 132 Å². The van der Waals surface area contributed by atoms with Crippen LogP contribution in [0.1, 0.15) is 37.4 Å². The Balaban J connectivity index is 2.30. The predicted molar refractivity (Wildman–Crippen MR) is 87.2 cm³/mol. The second-order valence-corrected chi connectivity index (χ2v) is 11.3. The highest BCUT2D eigenvalue weighted by Gasteiger charge is 2.35. The molecule has 2 unspecified atom stereocenters. The van der Waals surface area contributed by atoms with E-state index in [1.165, 1.54) is 12.1 Å². The van der Waals surface area contributed by atoms with Crippen molar-refractivity contribution >= 4 is 19.8 Å². The fourth-order valence-corrected chi connectivity index (χ4v) is 3.94. The number of carbonyl (C=O) groups is 1. The maximum absolute atomic E-state index is 12.3. The summed E-state index contributed by atoms with van der Waals surface area (Å²) in [5.41, 5.74) is 0.929. The van der Waals surface area contributed by atoms with Gasteiger partial charge in [-0.3, -0.25) is 14.9 Å². The van der Waals surface area contributed by atoms with Gasteiger partial charge in [0.05, 0.1) is 11.0 Å². The highest BCUT2D eigenvalue weighted by molar-refractivity contribution is 6.69. The molecule has 5 nitrogen and oxygen atoms in total. The van der Waals surface area contributed by atoms with Gasteiger partial charge in [0.15, 0.2) is 8.32 Å². The molecule has 1 aromatic rings. The largest absolute Gasteiger partial charge is 0.410 e. The summed E-state index contributed by atoms with van der Waals surface area (Å²) in [6, 6.07) is 6.43. The van der Waals surface area contributed by atoms with E-state index in [9.17, 15) is 14.9 Å². The van der Waals surface area contributed by atoms with Crippen LogP contribution in [0.25, 0.3) is 0 Å². The lowest BCUT2D eigenvalue weighted by Gasteiger charge is -2.34. The standard InChI is InChI=1S/C16H23NO4Si/c1-22(2,3)21-16(14-6-4-5-7-15(14)18)12-8-10-13(11-9-12)17(19)20/h8-11,14,16H,4-7H2,1-3H3. The fourth-order valence-electron chi connectivity index (χ4n) is 2.88. The molecule has 0 bridgehead atoms. The predicted octanol–water partition coefficient (Wildman–Crippen LogP) is 4.25. The number of nitro groups is 1. The van der Waals surface area contributed by atoms with Gasteiger partial charge in [-0.15, -0.1) is 0 Å². The summed E-state index contributed by atoms with van der Waals surface area (Å²) >= 11 is 0. The number of nitro benzene ring substituents is 1. The molecule has 0 spiro atoms. The van der Waals surface area contributed by atoms with Gasteiger partial charge in [0, 0.05) is 24.5 Å². The third-order valence-electron chi connectivity index (χ3n) is 3.88. The van der Waals surface area contributed by atoms with Crippen LogP contribution < -0.4 is 0 Å². The average Bonchev–Trinajstić information content (AvgIpc) is 2.45. The van der Waals surface area contributed by atoms with E-state index < -0.39 is 13.2 Å². The lowest BCUT2D eigenvalue weighted by molar-refractivity contribution is -0.384. The molecule has 120 valence electrons. The van der Waals surface area contributed by atoms with Gasteiger partial charge in [-0.2, -0.15) is 0 Å². The SMILES string of the molecule is C[Si](C)(C)OC(c1ccc([N+](=O)[O-])cc1)C1CCCCC1=O. The fraction of sp³-hybridized carbons (Fsp3) is 0.562. The summed E-state index contributed by atoms with van der Waals surface area (Å²) in [6.07, 6.45) is 3.17. The van der Waals surface area contributed by atoms with Crippen molar-refractivity contribution in [3.05, 3.63) is 39.9 Å². The zero-order valence-electron chi connectivity index (χ0n) is 13.4. The minimum atomic E-state index is -1.84. The topological polar surface area (TPSA) is 69.4 Å². The van der Waals surface area contributed by atoms with E-state index in [4.69, 9.17) is 4.43 Å². The molecule has 2 atom stereocenters. The number of rotatable bonds is 5. The van der Waals surface area contributed by atoms with Crippen molar-refractivity contribution in [2.75, 3.05) is 0 Å². The first-order valence-corrected chi connectivity index (χ1v) is 11.1. The summed E-state index contributed by atoms with van der Waals surface area (Å²) in [5, 5.41) is 10.8. The Morgan fingerprint density at radius 2 is 1.86 bits per heavy atom. The molecule has 6 heteroatoms. The van der Waals surface area contributed by atoms with Gasteiger partial charge < -0.3 is 4.43 Å². The summed E-state index contributed by atoms with van der Waals surface area (Å²) in [4.78, 5) is 22.7. The molecule has 1 aliphatic rings. The quantitative estimate of drug-likeness (QED) is 0.462. The molecular formula is C16H23NO4Si. The smallest absolute Gasteiger partial charge is 0.269 e. The van der Waals surface area contributed by atoms with Crippen LogP contribution in [0.5, 0.6) is 0 Å². The molecular weight excluding hydrogens is 298 g/mol. The number of nitrogens with zero attached hydrogens (tertiary/aromatic N) is 1. The first kappa shape index (κ1) is 16.8. The van der Waals surface area contributed by atoms with Crippen molar-refractivity contribution in [1.82, 2.24) is 0 Å². The summed E-state index contributed by atoms with van der Waals surface area (Å²) < 4.78 is 6.28. The Morgan fingerprint density at radius 3 is 2.36 bits per heavy atom. The van der Waals surface area contributed by atoms with Gasteiger partial charge in [0.2, 0.25) is 0 Å². The molecule has 0 aliphatic heterocycles. The number of hydrogen-bond acceptors (Lipinski definition) is 4. The Kier molecular flexibility index (Phi) is 5.13. The van der Waals surface area contributed by atoms with Crippen LogP contribution in [0.2, 0.25) is 19.6 Å². The van der Waals surface area contributed by atoms with E-state index in [0.29, 0.717) is 6.42 Å². The van der Waals surface area contributed by atoms with Crippen molar-refractivity contribution in [2.24, 2.45) is 5.92 Å². The lowest BCUT2D eigenvalue weighted by Crippen LogP contribution is -2.35. The van der Waals surface area contributed by atoms with Crippen LogP contribution in [0.15, 0.2) is 24.3 Å². The van der Waals surface area contributed by atoms with Crippen molar-refractivity contribution in [3.8, 4) is 0 Å². The van der Waals surface area contributed by atoms with Crippen LogP contribution in [0.4, 0.5) is 5.69 Å². The minimum Gasteiger partial charge on any atom is -0.410 e. The van der Waals surface area contributed by atoms with Gasteiger partial charge in [-0.05, 0) is 50.2 Å². The van der Waals surface area contributed by atoms with Gasteiger partial charge in [-0.1, -0.05) is 6.42 Å². The van der Waals surface area contributed by atoms with Gasteiger partial charge in [0.25, 0.3) is 5.69 Å². The molecule has 0 amide bonds. The number of ketones is 1. The molecule has 1 aromatic carbocycles. The summed E-state index contributed by atoms with van der Waals surface area (Å²) in [7, 11) is -1.84. The summed E-state index contributed by atoms with van der Waals surface area (Å²) in [6.45, 7) is 6.29. The Hall–Kier alpha value is -1.53. The monoisotopic (exact) mass is 321 g/mol. The summed E-state index contributed by atoms with van der Waals surface area (Å²) in [5.74, 6) is 0.134. The second-order valence-electron chi connectivity index (χ2n) is 6.82. The molecule has 1 aliphatic carbocycles. The van der Waals surface area contributed by atoms with Gasteiger partial charge in [0.1, 0.15) is 5.78 Å². The Morgan fingerprint density at radius 1 is 1.23 bits per heavy atom.